The van der Waals surface area contributed by atoms with Crippen molar-refractivity contribution in [2.45, 2.75) is 32.5 Å². The second-order valence-corrected chi connectivity index (χ2v) is 5.01. The SMILES string of the molecule is COc1c(C(F)(F)F)c(Br)nn1C(C)(C)C. The lowest BCUT2D eigenvalue weighted by atomic mass is 10.1. The highest BCUT2D eigenvalue weighted by Crippen LogP contribution is 2.42. The zero-order valence-corrected chi connectivity index (χ0v) is 10.9. The van der Waals surface area contributed by atoms with Gasteiger partial charge in [0.25, 0.3) is 0 Å². The number of hydrogen-bond donors (Lipinski definition) is 0. The Balaban J connectivity index is 3.48. The van der Waals surface area contributed by atoms with Crippen molar-refractivity contribution in [3.05, 3.63) is 10.2 Å². The van der Waals surface area contributed by atoms with Crippen molar-refractivity contribution >= 4 is 15.9 Å². The van der Waals surface area contributed by atoms with Crippen molar-refractivity contribution in [1.82, 2.24) is 9.78 Å². The van der Waals surface area contributed by atoms with Gasteiger partial charge in [-0.25, -0.2) is 4.68 Å². The molecule has 0 aliphatic rings. The highest BCUT2D eigenvalue weighted by molar-refractivity contribution is 9.10. The van der Waals surface area contributed by atoms with Gasteiger partial charge < -0.3 is 4.74 Å². The zero-order chi connectivity index (χ0) is 12.7. The molecule has 0 aliphatic carbocycles. The Kier molecular flexibility index (Phi) is 3.29. The van der Waals surface area contributed by atoms with Gasteiger partial charge in [0.15, 0.2) is 5.56 Å². The van der Waals surface area contributed by atoms with E-state index in [1.54, 1.807) is 20.8 Å². The average Bonchev–Trinajstić information content (AvgIpc) is 2.40. The summed E-state index contributed by atoms with van der Waals surface area (Å²) in [4.78, 5) is 0. The first-order valence-corrected chi connectivity index (χ1v) is 5.28. The van der Waals surface area contributed by atoms with E-state index in [1.165, 1.54) is 11.8 Å². The van der Waals surface area contributed by atoms with E-state index in [2.05, 4.69) is 21.0 Å². The summed E-state index contributed by atoms with van der Waals surface area (Å²) in [7, 11) is 1.20. The second-order valence-electron chi connectivity index (χ2n) is 4.26. The maximum absolute atomic E-state index is 12.7. The molecular weight excluding hydrogens is 289 g/mol. The van der Waals surface area contributed by atoms with Gasteiger partial charge in [0.1, 0.15) is 4.60 Å². The molecule has 1 rings (SSSR count). The Bertz CT molecular complexity index is 393. The van der Waals surface area contributed by atoms with Gasteiger partial charge in [-0.15, -0.1) is 0 Å². The molecule has 1 heterocycles. The van der Waals surface area contributed by atoms with E-state index in [9.17, 15) is 13.2 Å². The van der Waals surface area contributed by atoms with E-state index < -0.39 is 17.3 Å². The van der Waals surface area contributed by atoms with E-state index in [-0.39, 0.29) is 10.5 Å². The van der Waals surface area contributed by atoms with Crippen molar-refractivity contribution in [3.8, 4) is 5.88 Å². The summed E-state index contributed by atoms with van der Waals surface area (Å²) in [6.07, 6.45) is -4.49. The minimum absolute atomic E-state index is 0.258. The smallest absolute Gasteiger partial charge is 0.424 e. The van der Waals surface area contributed by atoms with Gasteiger partial charge in [0.2, 0.25) is 5.88 Å². The van der Waals surface area contributed by atoms with E-state index in [0.717, 1.165) is 0 Å². The normalized spacial score (nSPS) is 13.0. The molecule has 0 saturated carbocycles. The fourth-order valence-electron chi connectivity index (χ4n) is 1.26. The molecule has 1 aromatic heterocycles. The van der Waals surface area contributed by atoms with Gasteiger partial charge in [0, 0.05) is 0 Å². The predicted molar refractivity (Wildman–Crippen MR) is 56.5 cm³/mol. The standard InChI is InChI=1S/C9H12BrF3N2O/c1-8(2,3)15-7(16-4)5(6(10)14-15)9(11,12)13/h1-4H3. The summed E-state index contributed by atoms with van der Waals surface area (Å²) < 4.78 is 44.0. The van der Waals surface area contributed by atoms with Crippen LogP contribution in [-0.2, 0) is 11.7 Å². The first kappa shape index (κ1) is 13.3. The minimum Gasteiger partial charge on any atom is -0.481 e. The van der Waals surface area contributed by atoms with Gasteiger partial charge in [0.05, 0.1) is 12.6 Å². The number of hydrogen-bond acceptors (Lipinski definition) is 2. The van der Waals surface area contributed by atoms with Crippen LogP contribution in [0.1, 0.15) is 26.3 Å². The molecule has 0 amide bonds. The van der Waals surface area contributed by atoms with E-state index in [1.807, 2.05) is 0 Å². The third-order valence-electron chi connectivity index (χ3n) is 1.91. The molecule has 0 aromatic carbocycles. The third kappa shape index (κ3) is 2.34. The average molecular weight is 301 g/mol. The maximum Gasteiger partial charge on any atom is 0.424 e. The van der Waals surface area contributed by atoms with Gasteiger partial charge >= 0.3 is 6.18 Å². The van der Waals surface area contributed by atoms with Crippen LogP contribution in [0.25, 0.3) is 0 Å². The molecule has 0 fully saturated rings. The topological polar surface area (TPSA) is 27.1 Å². The summed E-state index contributed by atoms with van der Waals surface area (Å²) in [6, 6.07) is 0. The molecule has 16 heavy (non-hydrogen) atoms. The number of ether oxygens (including phenoxy) is 1. The molecule has 0 spiro atoms. The second kappa shape index (κ2) is 3.94. The van der Waals surface area contributed by atoms with Crippen molar-refractivity contribution in [3.63, 3.8) is 0 Å². The molecule has 0 unspecified atom stereocenters. The zero-order valence-electron chi connectivity index (χ0n) is 9.31. The van der Waals surface area contributed by atoms with E-state index >= 15 is 0 Å². The highest BCUT2D eigenvalue weighted by Gasteiger charge is 2.42. The molecule has 92 valence electrons. The fourth-order valence-corrected chi connectivity index (χ4v) is 1.81. The van der Waals surface area contributed by atoms with Crippen LogP contribution >= 0.6 is 15.9 Å². The summed E-state index contributed by atoms with van der Waals surface area (Å²) in [5, 5.41) is 3.81. The number of alkyl halides is 3. The largest absolute Gasteiger partial charge is 0.481 e. The minimum atomic E-state index is -4.49. The summed E-state index contributed by atoms with van der Waals surface area (Å²) in [6.45, 7) is 5.24. The van der Waals surface area contributed by atoms with Crippen LogP contribution < -0.4 is 4.74 Å². The summed E-state index contributed by atoms with van der Waals surface area (Å²) in [5.74, 6) is -0.285. The first-order chi connectivity index (χ1) is 7.09. The quantitative estimate of drug-likeness (QED) is 0.794. The molecule has 0 N–H and O–H groups in total. The highest BCUT2D eigenvalue weighted by atomic mass is 79.9. The van der Waals surface area contributed by atoms with Crippen LogP contribution in [0, 0.1) is 0 Å². The summed E-state index contributed by atoms with van der Waals surface area (Å²) >= 11 is 2.81. The van der Waals surface area contributed by atoms with Crippen molar-refractivity contribution in [2.75, 3.05) is 7.11 Å². The van der Waals surface area contributed by atoms with Gasteiger partial charge in [-0.1, -0.05) is 0 Å². The number of methoxy groups -OCH3 is 1. The van der Waals surface area contributed by atoms with Crippen LogP contribution in [0.2, 0.25) is 0 Å². The predicted octanol–water partition coefficient (Wildman–Crippen LogP) is 3.43. The molecule has 0 aliphatic heterocycles. The molecule has 0 saturated heterocycles. The number of rotatable bonds is 1. The monoisotopic (exact) mass is 300 g/mol. The van der Waals surface area contributed by atoms with Crippen LogP contribution in [0.15, 0.2) is 4.60 Å². The fraction of sp³-hybridized carbons (Fsp3) is 0.667. The van der Waals surface area contributed by atoms with Gasteiger partial charge in [-0.3, -0.25) is 0 Å². The van der Waals surface area contributed by atoms with Crippen LogP contribution in [-0.4, -0.2) is 16.9 Å². The Morgan fingerprint density at radius 2 is 1.75 bits per heavy atom. The van der Waals surface area contributed by atoms with Crippen LogP contribution in [0.3, 0.4) is 0 Å². The lowest BCUT2D eigenvalue weighted by Gasteiger charge is -2.21. The Morgan fingerprint density at radius 3 is 2.06 bits per heavy atom. The molecule has 0 atom stereocenters. The Morgan fingerprint density at radius 1 is 1.25 bits per heavy atom. The van der Waals surface area contributed by atoms with Gasteiger partial charge in [-0.2, -0.15) is 18.3 Å². The Labute approximate surface area is 99.7 Å². The molecule has 0 bridgehead atoms. The number of aromatic nitrogens is 2. The number of nitrogens with zero attached hydrogens (tertiary/aromatic N) is 2. The van der Waals surface area contributed by atoms with Crippen LogP contribution in [0.5, 0.6) is 5.88 Å². The molecule has 7 heteroatoms. The van der Waals surface area contributed by atoms with E-state index in [0.29, 0.717) is 0 Å². The lowest BCUT2D eigenvalue weighted by Crippen LogP contribution is -2.24. The molecule has 1 aromatic rings. The maximum atomic E-state index is 12.7. The molecular formula is C9H12BrF3N2O. The summed E-state index contributed by atoms with van der Waals surface area (Å²) in [5.41, 5.74) is -1.47. The van der Waals surface area contributed by atoms with Crippen molar-refractivity contribution in [1.29, 1.82) is 0 Å². The van der Waals surface area contributed by atoms with Crippen molar-refractivity contribution in [2.24, 2.45) is 0 Å². The van der Waals surface area contributed by atoms with Crippen molar-refractivity contribution < 1.29 is 17.9 Å². The lowest BCUT2D eigenvalue weighted by molar-refractivity contribution is -0.139. The Hall–Kier alpha value is -0.720. The molecule has 3 nitrogen and oxygen atoms in total. The van der Waals surface area contributed by atoms with Gasteiger partial charge in [-0.05, 0) is 36.7 Å². The molecule has 0 radical (unpaired) electrons. The third-order valence-corrected chi connectivity index (χ3v) is 2.47. The number of halogens is 4. The first-order valence-electron chi connectivity index (χ1n) is 4.49. The van der Waals surface area contributed by atoms with Crippen LogP contribution in [0.4, 0.5) is 13.2 Å². The van der Waals surface area contributed by atoms with E-state index in [4.69, 9.17) is 4.74 Å².